The van der Waals surface area contributed by atoms with Gasteiger partial charge in [0.15, 0.2) is 0 Å². The van der Waals surface area contributed by atoms with Crippen LogP contribution in [0, 0.1) is 0 Å². The van der Waals surface area contributed by atoms with Crippen molar-refractivity contribution in [2.45, 2.75) is 25.6 Å². The molecule has 2 N–H and O–H groups in total. The average molecular weight is 156 g/mol. The second kappa shape index (κ2) is 4.31. The second-order valence-corrected chi connectivity index (χ2v) is 2.11. The van der Waals surface area contributed by atoms with Crippen LogP contribution in [0.15, 0.2) is 0 Å². The van der Waals surface area contributed by atoms with E-state index in [1.54, 1.807) is 0 Å². The van der Waals surface area contributed by atoms with Gasteiger partial charge in [-0.05, 0) is 13.8 Å². The summed E-state index contributed by atoms with van der Waals surface area (Å²) in [6, 6.07) is 0. The van der Waals surface area contributed by atoms with Crippen LogP contribution in [-0.4, -0.2) is 27.9 Å². The summed E-state index contributed by atoms with van der Waals surface area (Å²) in [6.45, 7) is 2.16. The van der Waals surface area contributed by atoms with Crippen molar-refractivity contribution in [2.24, 2.45) is 0 Å². The molecule has 0 bridgehead atoms. The predicted molar refractivity (Wildman–Crippen MR) is 27.3 cm³/mol. The van der Waals surface area contributed by atoms with E-state index in [9.17, 15) is 9.90 Å². The molecule has 0 saturated heterocycles. The van der Waals surface area contributed by atoms with E-state index in [0.717, 1.165) is 6.92 Å². The van der Waals surface area contributed by atoms with Crippen molar-refractivity contribution in [1.82, 2.24) is 0 Å². The zero-order chi connectivity index (χ0) is 7.65. The topological polar surface area (TPSA) is 80.6 Å². The van der Waals surface area contributed by atoms with Gasteiger partial charge in [-0.1, -0.05) is 0 Å². The Morgan fingerprint density at radius 2 is 2.00 bits per heavy atom. The number of rotatable bonds is 2. The Hall–Kier alpha value is 0.390. The summed E-state index contributed by atoms with van der Waals surface area (Å²) in [6.07, 6.45) is -1.32. The number of carboxylic acids is 1. The fraction of sp³-hybridized carbons (Fsp3) is 0.800. The normalized spacial score (nSPS) is 18.4. The van der Waals surface area contributed by atoms with Crippen LogP contribution in [0.3, 0.4) is 0 Å². The van der Waals surface area contributed by atoms with Gasteiger partial charge in [0.2, 0.25) is 0 Å². The van der Waals surface area contributed by atoms with Crippen LogP contribution in [0.4, 0.5) is 0 Å². The molecule has 0 aliphatic rings. The Balaban J connectivity index is 0. The maximum absolute atomic E-state index is 9.94. The minimum Gasteiger partial charge on any atom is -0.547 e. The number of aliphatic carboxylic acids is 1. The van der Waals surface area contributed by atoms with Crippen molar-refractivity contribution in [1.29, 1.82) is 0 Å². The second-order valence-electron chi connectivity index (χ2n) is 2.11. The van der Waals surface area contributed by atoms with Crippen LogP contribution in [-0.2, 0) is 4.79 Å². The van der Waals surface area contributed by atoms with Gasteiger partial charge >= 0.3 is 29.6 Å². The summed E-state index contributed by atoms with van der Waals surface area (Å²) in [7, 11) is 0. The van der Waals surface area contributed by atoms with Crippen LogP contribution < -0.4 is 34.7 Å². The SMILES string of the molecule is CC(O)C(C)(O)C(=O)[O-].[Na+]. The van der Waals surface area contributed by atoms with Gasteiger partial charge in [0, 0.05) is 0 Å². The minimum atomic E-state index is -2.14. The standard InChI is InChI=1S/C5H10O4.Na/c1-3(6)5(2,9)4(7)8;/h3,6,9H,1-2H3,(H,7,8);/q;+1/p-1. The summed E-state index contributed by atoms with van der Waals surface area (Å²) < 4.78 is 0. The molecule has 10 heavy (non-hydrogen) atoms. The molecule has 0 saturated carbocycles. The molecule has 0 rings (SSSR count). The quantitative estimate of drug-likeness (QED) is 0.392. The molecular formula is C5H9NaO4. The van der Waals surface area contributed by atoms with Crippen LogP contribution >= 0.6 is 0 Å². The molecule has 0 fully saturated rings. The molecule has 0 aromatic rings. The zero-order valence-electron chi connectivity index (χ0n) is 6.29. The summed E-state index contributed by atoms with van der Waals surface area (Å²) in [5.74, 6) is -1.67. The average Bonchev–Trinajstić information content (AvgIpc) is 1.65. The van der Waals surface area contributed by atoms with Crippen molar-refractivity contribution >= 4 is 5.97 Å². The molecular weight excluding hydrogens is 147 g/mol. The Labute approximate surface area is 81.2 Å². The maximum atomic E-state index is 9.94. The van der Waals surface area contributed by atoms with Gasteiger partial charge < -0.3 is 20.1 Å². The molecule has 2 unspecified atom stereocenters. The van der Waals surface area contributed by atoms with Crippen molar-refractivity contribution < 1.29 is 49.7 Å². The molecule has 54 valence electrons. The third kappa shape index (κ3) is 2.98. The summed E-state index contributed by atoms with van der Waals surface area (Å²) in [5, 5.41) is 27.3. The smallest absolute Gasteiger partial charge is 0.547 e. The molecule has 0 spiro atoms. The summed E-state index contributed by atoms with van der Waals surface area (Å²) in [4.78, 5) is 9.94. The molecule has 0 aromatic carbocycles. The Bertz CT molecular complexity index is 121. The van der Waals surface area contributed by atoms with Crippen molar-refractivity contribution in [3.05, 3.63) is 0 Å². The maximum Gasteiger partial charge on any atom is 1.00 e. The first-order chi connectivity index (χ1) is 3.89. The molecule has 0 aliphatic heterocycles. The van der Waals surface area contributed by atoms with Gasteiger partial charge in [0.1, 0.15) is 5.60 Å². The number of carbonyl (C=O) groups is 1. The minimum absolute atomic E-state index is 0. The van der Waals surface area contributed by atoms with Gasteiger partial charge in [-0.3, -0.25) is 0 Å². The van der Waals surface area contributed by atoms with Crippen molar-refractivity contribution in [3.8, 4) is 0 Å². The fourth-order valence-electron chi connectivity index (χ4n) is 0.171. The molecule has 0 radical (unpaired) electrons. The number of carboxylic acid groups (broad SMARTS) is 1. The zero-order valence-corrected chi connectivity index (χ0v) is 8.29. The third-order valence-corrected chi connectivity index (χ3v) is 1.23. The van der Waals surface area contributed by atoms with E-state index in [1.807, 2.05) is 0 Å². The first-order valence-electron chi connectivity index (χ1n) is 2.51. The van der Waals surface area contributed by atoms with E-state index in [2.05, 4.69) is 0 Å². The molecule has 2 atom stereocenters. The van der Waals surface area contributed by atoms with E-state index in [1.165, 1.54) is 6.92 Å². The van der Waals surface area contributed by atoms with Crippen LogP contribution in [0.25, 0.3) is 0 Å². The van der Waals surface area contributed by atoms with E-state index in [4.69, 9.17) is 10.2 Å². The largest absolute Gasteiger partial charge is 1.00 e. The first-order valence-corrected chi connectivity index (χ1v) is 2.51. The van der Waals surface area contributed by atoms with E-state index in [0.29, 0.717) is 0 Å². The van der Waals surface area contributed by atoms with Gasteiger partial charge in [0.05, 0.1) is 12.1 Å². The van der Waals surface area contributed by atoms with Gasteiger partial charge in [-0.2, -0.15) is 0 Å². The predicted octanol–water partition coefficient (Wildman–Crippen LogP) is -5.13. The Morgan fingerprint density at radius 3 is 2.00 bits per heavy atom. The number of carbonyl (C=O) groups excluding carboxylic acids is 1. The molecule has 0 aromatic heterocycles. The number of hydrogen-bond donors (Lipinski definition) is 2. The fourth-order valence-corrected chi connectivity index (χ4v) is 0.171. The number of aliphatic hydroxyl groups is 2. The third-order valence-electron chi connectivity index (χ3n) is 1.23. The van der Waals surface area contributed by atoms with Crippen molar-refractivity contribution in [2.75, 3.05) is 0 Å². The summed E-state index contributed by atoms with van der Waals surface area (Å²) in [5.41, 5.74) is -2.14. The number of hydrogen-bond acceptors (Lipinski definition) is 4. The van der Waals surface area contributed by atoms with E-state index in [-0.39, 0.29) is 29.6 Å². The van der Waals surface area contributed by atoms with Gasteiger partial charge in [0.25, 0.3) is 0 Å². The monoisotopic (exact) mass is 156 g/mol. The van der Waals surface area contributed by atoms with E-state index >= 15 is 0 Å². The van der Waals surface area contributed by atoms with Crippen molar-refractivity contribution in [3.63, 3.8) is 0 Å². The molecule has 0 aliphatic carbocycles. The molecule has 0 heterocycles. The molecule has 4 nitrogen and oxygen atoms in total. The first kappa shape index (κ1) is 13.0. The molecule has 5 heteroatoms. The summed E-state index contributed by atoms with van der Waals surface area (Å²) >= 11 is 0. The van der Waals surface area contributed by atoms with Crippen LogP contribution in [0.1, 0.15) is 13.8 Å². The van der Waals surface area contributed by atoms with Gasteiger partial charge in [-0.15, -0.1) is 0 Å². The Morgan fingerprint density at radius 1 is 1.70 bits per heavy atom. The molecule has 0 amide bonds. The van der Waals surface area contributed by atoms with Crippen LogP contribution in [0.5, 0.6) is 0 Å². The van der Waals surface area contributed by atoms with E-state index < -0.39 is 17.7 Å². The van der Waals surface area contributed by atoms with Gasteiger partial charge in [-0.25, -0.2) is 0 Å². The Kier molecular flexibility index (Phi) is 5.60. The number of aliphatic hydroxyl groups excluding tert-OH is 1. The van der Waals surface area contributed by atoms with Crippen LogP contribution in [0.2, 0.25) is 0 Å².